The molecule has 0 saturated heterocycles. The Morgan fingerprint density at radius 2 is 2.27 bits per heavy atom. The Bertz CT molecular complexity index is 216. The van der Waals surface area contributed by atoms with Gasteiger partial charge in [-0.25, -0.2) is 0 Å². The van der Waals surface area contributed by atoms with Crippen LogP contribution in [0.3, 0.4) is 0 Å². The van der Waals surface area contributed by atoms with Gasteiger partial charge in [0.05, 0.1) is 0 Å². The minimum absolute atomic E-state index is 0.146. The molecule has 0 radical (unpaired) electrons. The first kappa shape index (κ1) is 8.05. The summed E-state index contributed by atoms with van der Waals surface area (Å²) in [6.45, 7) is 7.76. The van der Waals surface area contributed by atoms with Gasteiger partial charge >= 0.3 is 0 Å². The summed E-state index contributed by atoms with van der Waals surface area (Å²) in [5.41, 5.74) is 0.802. The molecule has 0 atom stereocenters. The fraction of sp³-hybridized carbons (Fsp3) is 0.444. The quantitative estimate of drug-likeness (QED) is 0.558. The van der Waals surface area contributed by atoms with E-state index in [0.29, 0.717) is 6.42 Å². The molecule has 1 rings (SSSR count). The van der Waals surface area contributed by atoms with Crippen LogP contribution in [0, 0.1) is 0 Å². The van der Waals surface area contributed by atoms with E-state index in [-0.39, 0.29) is 11.9 Å². The zero-order valence-corrected chi connectivity index (χ0v) is 7.00. The van der Waals surface area contributed by atoms with Gasteiger partial charge in [0.1, 0.15) is 0 Å². The van der Waals surface area contributed by atoms with E-state index in [2.05, 4.69) is 6.58 Å². The summed E-state index contributed by atoms with van der Waals surface area (Å²) in [6.07, 6.45) is 4.25. The number of amides is 1. The Morgan fingerprint density at radius 1 is 1.64 bits per heavy atom. The summed E-state index contributed by atoms with van der Waals surface area (Å²) in [5.74, 6) is 0.146. The maximum Gasteiger partial charge on any atom is 0.231 e. The topological polar surface area (TPSA) is 20.3 Å². The van der Waals surface area contributed by atoms with Crippen LogP contribution >= 0.6 is 0 Å². The fourth-order valence-electron chi connectivity index (χ4n) is 1.25. The molecule has 0 unspecified atom stereocenters. The molecule has 0 aromatic carbocycles. The van der Waals surface area contributed by atoms with Gasteiger partial charge in [-0.15, -0.1) is 0 Å². The summed E-state index contributed by atoms with van der Waals surface area (Å²) in [5, 5.41) is 0. The molecule has 1 aliphatic heterocycles. The third-order valence-electron chi connectivity index (χ3n) is 1.70. The molecule has 1 amide bonds. The highest BCUT2D eigenvalue weighted by Crippen LogP contribution is 2.15. The molecule has 11 heavy (non-hydrogen) atoms. The highest BCUT2D eigenvalue weighted by molar-refractivity contribution is 5.81. The van der Waals surface area contributed by atoms with Gasteiger partial charge in [-0.05, 0) is 19.9 Å². The minimum atomic E-state index is 0.146. The molecule has 0 bridgehead atoms. The van der Waals surface area contributed by atoms with Crippen LogP contribution < -0.4 is 0 Å². The Morgan fingerprint density at radius 3 is 2.64 bits per heavy atom. The van der Waals surface area contributed by atoms with Gasteiger partial charge in [-0.2, -0.15) is 0 Å². The van der Waals surface area contributed by atoms with Crippen LogP contribution in [0.4, 0.5) is 0 Å². The van der Waals surface area contributed by atoms with Crippen LogP contribution in [0.15, 0.2) is 24.4 Å². The molecule has 0 aliphatic carbocycles. The number of carbonyl (C=O) groups excluding carboxylic acids is 1. The van der Waals surface area contributed by atoms with Crippen LogP contribution in [-0.2, 0) is 4.79 Å². The molecule has 60 valence electrons. The lowest BCUT2D eigenvalue weighted by Crippen LogP contribution is -2.36. The fourth-order valence-corrected chi connectivity index (χ4v) is 1.25. The van der Waals surface area contributed by atoms with Crippen molar-refractivity contribution in [2.45, 2.75) is 26.3 Å². The number of nitrogens with zero attached hydrogens (tertiary/aromatic N) is 1. The Balaban J connectivity index is 2.83. The van der Waals surface area contributed by atoms with Crippen molar-refractivity contribution in [3.8, 4) is 0 Å². The number of carbonyl (C=O) groups is 1. The number of rotatable bonds is 1. The first-order valence-electron chi connectivity index (χ1n) is 3.80. The summed E-state index contributed by atoms with van der Waals surface area (Å²) in [6, 6.07) is 0.222. The first-order valence-corrected chi connectivity index (χ1v) is 3.80. The van der Waals surface area contributed by atoms with Crippen LogP contribution in [0.1, 0.15) is 20.3 Å². The highest BCUT2D eigenvalue weighted by atomic mass is 16.2. The normalized spacial score (nSPS) is 18.3. The Hall–Kier alpha value is -1.05. The number of hydrogen-bond donors (Lipinski definition) is 0. The summed E-state index contributed by atoms with van der Waals surface area (Å²) in [4.78, 5) is 13.0. The smallest absolute Gasteiger partial charge is 0.231 e. The SMILES string of the molecule is C=C1C=CCC(=O)N1C(C)C. The van der Waals surface area contributed by atoms with Crippen LogP contribution in [-0.4, -0.2) is 16.8 Å². The van der Waals surface area contributed by atoms with Crippen molar-refractivity contribution >= 4 is 5.91 Å². The second kappa shape index (κ2) is 2.91. The van der Waals surface area contributed by atoms with Crippen LogP contribution in [0.5, 0.6) is 0 Å². The highest BCUT2D eigenvalue weighted by Gasteiger charge is 2.19. The number of allylic oxidation sites excluding steroid dienone is 1. The van der Waals surface area contributed by atoms with Crippen molar-refractivity contribution in [3.05, 3.63) is 24.4 Å². The maximum absolute atomic E-state index is 11.3. The van der Waals surface area contributed by atoms with E-state index in [1.807, 2.05) is 26.0 Å². The summed E-state index contributed by atoms with van der Waals surface area (Å²) in [7, 11) is 0. The van der Waals surface area contributed by atoms with E-state index in [4.69, 9.17) is 0 Å². The van der Waals surface area contributed by atoms with Crippen molar-refractivity contribution in [1.29, 1.82) is 0 Å². The molecule has 0 aromatic rings. The average Bonchev–Trinajstić information content (AvgIpc) is 1.85. The summed E-state index contributed by atoms with van der Waals surface area (Å²) < 4.78 is 0. The van der Waals surface area contributed by atoms with E-state index < -0.39 is 0 Å². The molecule has 0 saturated carbocycles. The van der Waals surface area contributed by atoms with E-state index in [1.165, 1.54) is 0 Å². The molecule has 1 heterocycles. The molecule has 0 fully saturated rings. The van der Waals surface area contributed by atoms with E-state index in [0.717, 1.165) is 5.70 Å². The second-order valence-electron chi connectivity index (χ2n) is 2.96. The monoisotopic (exact) mass is 151 g/mol. The molecule has 1 aliphatic rings. The second-order valence-corrected chi connectivity index (χ2v) is 2.96. The van der Waals surface area contributed by atoms with Gasteiger partial charge in [-0.1, -0.05) is 12.7 Å². The zero-order valence-electron chi connectivity index (χ0n) is 7.00. The van der Waals surface area contributed by atoms with E-state index in [1.54, 1.807) is 4.90 Å². The Labute approximate surface area is 67.2 Å². The standard InChI is InChI=1S/C9H13NO/c1-7(2)10-8(3)5-4-6-9(10)11/h4-5,7H,3,6H2,1-2H3. The van der Waals surface area contributed by atoms with Crippen LogP contribution in [0.25, 0.3) is 0 Å². The maximum atomic E-state index is 11.3. The minimum Gasteiger partial charge on any atom is -0.310 e. The van der Waals surface area contributed by atoms with Crippen molar-refractivity contribution in [3.63, 3.8) is 0 Å². The predicted molar refractivity (Wildman–Crippen MR) is 44.9 cm³/mol. The third-order valence-corrected chi connectivity index (χ3v) is 1.70. The molecule has 0 N–H and O–H groups in total. The van der Waals surface area contributed by atoms with Gasteiger partial charge in [0.25, 0.3) is 0 Å². The van der Waals surface area contributed by atoms with E-state index >= 15 is 0 Å². The lowest BCUT2D eigenvalue weighted by Gasteiger charge is -2.29. The van der Waals surface area contributed by atoms with Gasteiger partial charge in [0.2, 0.25) is 5.91 Å². The molecule has 0 spiro atoms. The van der Waals surface area contributed by atoms with E-state index in [9.17, 15) is 4.79 Å². The van der Waals surface area contributed by atoms with Gasteiger partial charge < -0.3 is 4.90 Å². The third kappa shape index (κ3) is 1.50. The average molecular weight is 151 g/mol. The summed E-state index contributed by atoms with van der Waals surface area (Å²) >= 11 is 0. The van der Waals surface area contributed by atoms with Gasteiger partial charge in [-0.3, -0.25) is 4.79 Å². The van der Waals surface area contributed by atoms with Crippen LogP contribution in [0.2, 0.25) is 0 Å². The number of hydrogen-bond acceptors (Lipinski definition) is 1. The molecular formula is C9H13NO. The molecule has 2 nitrogen and oxygen atoms in total. The predicted octanol–water partition coefficient (Wildman–Crippen LogP) is 1.70. The van der Waals surface area contributed by atoms with Crippen molar-refractivity contribution in [2.24, 2.45) is 0 Å². The zero-order chi connectivity index (χ0) is 8.43. The Kier molecular flexibility index (Phi) is 2.13. The lowest BCUT2D eigenvalue weighted by molar-refractivity contribution is -0.129. The largest absolute Gasteiger partial charge is 0.310 e. The van der Waals surface area contributed by atoms with Gasteiger partial charge in [0, 0.05) is 18.2 Å². The van der Waals surface area contributed by atoms with Crippen molar-refractivity contribution in [2.75, 3.05) is 0 Å². The first-order chi connectivity index (χ1) is 5.13. The molecule has 0 aromatic heterocycles. The molecule has 2 heteroatoms. The van der Waals surface area contributed by atoms with Gasteiger partial charge in [0.15, 0.2) is 0 Å². The van der Waals surface area contributed by atoms with Crippen molar-refractivity contribution in [1.82, 2.24) is 4.90 Å². The molecular weight excluding hydrogens is 138 g/mol. The van der Waals surface area contributed by atoms with Crippen molar-refractivity contribution < 1.29 is 4.79 Å². The lowest BCUT2D eigenvalue weighted by atomic mass is 10.1.